The minimum atomic E-state index is 0.168. The van der Waals surface area contributed by atoms with Crippen molar-refractivity contribution in [2.24, 2.45) is 5.92 Å². The zero-order valence-corrected chi connectivity index (χ0v) is 15.4. The van der Waals surface area contributed by atoms with E-state index in [2.05, 4.69) is 36.1 Å². The lowest BCUT2D eigenvalue weighted by Crippen LogP contribution is -2.42. The van der Waals surface area contributed by atoms with E-state index in [0.29, 0.717) is 31.7 Å². The Morgan fingerprint density at radius 1 is 1.08 bits per heavy atom. The topological polar surface area (TPSA) is 43.8 Å². The molecule has 4 nitrogen and oxygen atoms in total. The Hall–Kier alpha value is -1.39. The molecule has 0 aromatic heterocycles. The van der Waals surface area contributed by atoms with Gasteiger partial charge in [0.05, 0.1) is 6.54 Å². The summed E-state index contributed by atoms with van der Waals surface area (Å²) in [6.45, 7) is 3.58. The molecule has 1 aromatic carbocycles. The molecule has 1 N–H and O–H groups in total. The van der Waals surface area contributed by atoms with Crippen LogP contribution in [0.4, 0.5) is 0 Å². The molecule has 1 aliphatic rings. The van der Waals surface area contributed by atoms with Crippen molar-refractivity contribution in [3.05, 3.63) is 35.4 Å². The van der Waals surface area contributed by atoms with E-state index < -0.39 is 0 Å². The maximum absolute atomic E-state index is 12.5. The van der Waals surface area contributed by atoms with Gasteiger partial charge in [0, 0.05) is 26.2 Å². The second-order valence-electron chi connectivity index (χ2n) is 7.19. The van der Waals surface area contributed by atoms with E-state index in [4.69, 9.17) is 0 Å². The minimum absolute atomic E-state index is 0.168. The van der Waals surface area contributed by atoms with E-state index in [1.807, 2.05) is 19.0 Å². The van der Waals surface area contributed by atoms with Crippen LogP contribution in [0.1, 0.15) is 43.7 Å². The second-order valence-corrected chi connectivity index (χ2v) is 7.19. The highest BCUT2D eigenvalue weighted by molar-refractivity contribution is 5.78. The minimum Gasteiger partial charge on any atom is -0.396 e. The molecule has 134 valence electrons. The third-order valence-electron chi connectivity index (χ3n) is 5.36. The van der Waals surface area contributed by atoms with Crippen molar-refractivity contribution in [2.45, 2.75) is 51.6 Å². The van der Waals surface area contributed by atoms with Gasteiger partial charge < -0.3 is 10.0 Å². The molecule has 4 heteroatoms. The third kappa shape index (κ3) is 5.32. The van der Waals surface area contributed by atoms with Crippen molar-refractivity contribution < 1.29 is 9.90 Å². The number of amides is 1. The Bertz CT molecular complexity index is 507. The first-order chi connectivity index (χ1) is 11.5. The van der Waals surface area contributed by atoms with Crippen LogP contribution in [0.3, 0.4) is 0 Å². The first kappa shape index (κ1) is 18.9. The van der Waals surface area contributed by atoms with E-state index in [1.54, 1.807) is 0 Å². The number of aliphatic hydroxyl groups is 1. The summed E-state index contributed by atoms with van der Waals surface area (Å²) in [5, 5.41) is 9.23. The molecular formula is C20H32N2O2. The van der Waals surface area contributed by atoms with Gasteiger partial charge in [0.15, 0.2) is 0 Å². The van der Waals surface area contributed by atoms with Crippen molar-refractivity contribution in [2.75, 3.05) is 27.2 Å². The third-order valence-corrected chi connectivity index (χ3v) is 5.36. The summed E-state index contributed by atoms with van der Waals surface area (Å²) in [4.78, 5) is 16.5. The predicted molar refractivity (Wildman–Crippen MR) is 97.8 cm³/mol. The highest BCUT2D eigenvalue weighted by Gasteiger charge is 2.25. The summed E-state index contributed by atoms with van der Waals surface area (Å²) in [6.07, 6.45) is 5.34. The lowest BCUT2D eigenvalue weighted by molar-refractivity contribution is -0.132. The first-order valence-corrected chi connectivity index (χ1v) is 9.16. The summed E-state index contributed by atoms with van der Waals surface area (Å²) in [5.74, 6) is 0.625. The maximum atomic E-state index is 12.5. The Kier molecular flexibility index (Phi) is 7.25. The van der Waals surface area contributed by atoms with Crippen molar-refractivity contribution in [1.82, 2.24) is 9.80 Å². The SMILES string of the molecule is CCc1ccc(CN(C)C(=O)CN(C)C2CCC(CO)CC2)cc1. The number of likely N-dealkylation sites (N-methyl/N-ethyl adjacent to an activating group) is 2. The largest absolute Gasteiger partial charge is 0.396 e. The standard InChI is InChI=1S/C20H32N2O2/c1-4-16-5-7-17(8-6-16)13-22(3)20(24)14-21(2)19-11-9-18(15-23)10-12-19/h5-8,18-19,23H,4,9-15H2,1-3H3. The Balaban J connectivity index is 1.80. The molecule has 24 heavy (non-hydrogen) atoms. The van der Waals surface area contributed by atoms with Crippen molar-refractivity contribution in [1.29, 1.82) is 0 Å². The molecule has 1 amide bonds. The highest BCUT2D eigenvalue weighted by Crippen LogP contribution is 2.26. The Morgan fingerprint density at radius 2 is 1.67 bits per heavy atom. The van der Waals surface area contributed by atoms with E-state index in [-0.39, 0.29) is 5.91 Å². The summed E-state index contributed by atoms with van der Waals surface area (Å²) in [6, 6.07) is 8.97. The van der Waals surface area contributed by atoms with Crippen LogP contribution in [0.2, 0.25) is 0 Å². The molecule has 0 unspecified atom stereocenters. The van der Waals surface area contributed by atoms with Gasteiger partial charge in [-0.1, -0.05) is 31.2 Å². The normalized spacial score (nSPS) is 21.0. The van der Waals surface area contributed by atoms with Crippen LogP contribution in [-0.4, -0.2) is 54.1 Å². The van der Waals surface area contributed by atoms with Crippen LogP contribution >= 0.6 is 0 Å². The fourth-order valence-corrected chi connectivity index (χ4v) is 3.47. The van der Waals surface area contributed by atoms with Crippen LogP contribution in [0, 0.1) is 5.92 Å². The lowest BCUT2D eigenvalue weighted by Gasteiger charge is -2.34. The summed E-state index contributed by atoms with van der Waals surface area (Å²) < 4.78 is 0. The zero-order valence-electron chi connectivity index (χ0n) is 15.4. The van der Waals surface area contributed by atoms with Gasteiger partial charge >= 0.3 is 0 Å². The molecule has 1 aliphatic carbocycles. The number of hydrogen-bond donors (Lipinski definition) is 1. The fourth-order valence-electron chi connectivity index (χ4n) is 3.47. The smallest absolute Gasteiger partial charge is 0.236 e. The van der Waals surface area contributed by atoms with Gasteiger partial charge in [-0.25, -0.2) is 0 Å². The molecule has 0 aliphatic heterocycles. The fraction of sp³-hybridized carbons (Fsp3) is 0.650. The van der Waals surface area contributed by atoms with Gasteiger partial charge in [0.1, 0.15) is 0 Å². The second kappa shape index (κ2) is 9.19. The van der Waals surface area contributed by atoms with Crippen molar-refractivity contribution in [3.8, 4) is 0 Å². The highest BCUT2D eigenvalue weighted by atomic mass is 16.3. The monoisotopic (exact) mass is 332 g/mol. The van der Waals surface area contributed by atoms with Crippen molar-refractivity contribution in [3.63, 3.8) is 0 Å². The zero-order chi connectivity index (χ0) is 17.5. The molecule has 0 spiro atoms. The number of nitrogens with zero attached hydrogens (tertiary/aromatic N) is 2. The molecule has 0 atom stereocenters. The van der Waals surface area contributed by atoms with E-state index in [1.165, 1.54) is 11.1 Å². The molecule has 2 rings (SSSR count). The quantitative estimate of drug-likeness (QED) is 0.835. The molecule has 1 aromatic rings. The van der Waals surface area contributed by atoms with Gasteiger partial charge in [-0.15, -0.1) is 0 Å². The van der Waals surface area contributed by atoms with Crippen LogP contribution in [-0.2, 0) is 17.8 Å². The number of rotatable bonds is 7. The van der Waals surface area contributed by atoms with Crippen molar-refractivity contribution >= 4 is 5.91 Å². The van der Waals surface area contributed by atoms with Gasteiger partial charge in [0.2, 0.25) is 5.91 Å². The molecule has 0 radical (unpaired) electrons. The average molecular weight is 332 g/mol. The first-order valence-electron chi connectivity index (χ1n) is 9.16. The summed E-state index contributed by atoms with van der Waals surface area (Å²) in [7, 11) is 3.93. The molecule has 0 saturated heterocycles. The molecular weight excluding hydrogens is 300 g/mol. The number of hydrogen-bond acceptors (Lipinski definition) is 3. The predicted octanol–water partition coefficient (Wildman–Crippen LogP) is 2.69. The van der Waals surface area contributed by atoms with E-state index >= 15 is 0 Å². The van der Waals surface area contributed by atoms with Crippen LogP contribution in [0.5, 0.6) is 0 Å². The number of carbonyl (C=O) groups is 1. The number of aryl methyl sites for hydroxylation is 1. The van der Waals surface area contributed by atoms with Crippen LogP contribution in [0.25, 0.3) is 0 Å². The van der Waals surface area contributed by atoms with Gasteiger partial charge in [-0.3, -0.25) is 9.69 Å². The number of aliphatic hydroxyl groups excluding tert-OH is 1. The van der Waals surface area contributed by atoms with Crippen LogP contribution in [0.15, 0.2) is 24.3 Å². The molecule has 1 saturated carbocycles. The van der Waals surface area contributed by atoms with E-state index in [0.717, 1.165) is 32.1 Å². The number of carbonyl (C=O) groups excluding carboxylic acids is 1. The van der Waals surface area contributed by atoms with Gasteiger partial charge in [0.25, 0.3) is 0 Å². The summed E-state index contributed by atoms with van der Waals surface area (Å²) in [5.41, 5.74) is 2.50. The van der Waals surface area contributed by atoms with E-state index in [9.17, 15) is 9.90 Å². The molecule has 0 bridgehead atoms. The number of benzene rings is 1. The Morgan fingerprint density at radius 3 is 2.21 bits per heavy atom. The Labute approximate surface area is 146 Å². The van der Waals surface area contributed by atoms with Gasteiger partial charge in [-0.2, -0.15) is 0 Å². The van der Waals surface area contributed by atoms with Crippen LogP contribution < -0.4 is 0 Å². The molecule has 0 heterocycles. The maximum Gasteiger partial charge on any atom is 0.236 e. The lowest BCUT2D eigenvalue weighted by atomic mass is 9.86. The molecule has 1 fully saturated rings. The average Bonchev–Trinajstić information content (AvgIpc) is 2.62. The van der Waals surface area contributed by atoms with Gasteiger partial charge in [-0.05, 0) is 56.2 Å². The summed E-state index contributed by atoms with van der Waals surface area (Å²) >= 11 is 0.